The van der Waals surface area contributed by atoms with Gasteiger partial charge in [-0.15, -0.1) is 0 Å². The molecule has 98 valence electrons. The molecule has 0 spiro atoms. The summed E-state index contributed by atoms with van der Waals surface area (Å²) in [5.41, 5.74) is 2.17. The van der Waals surface area contributed by atoms with Crippen LogP contribution in [0.1, 0.15) is 27.3 Å². The van der Waals surface area contributed by atoms with E-state index in [0.717, 1.165) is 5.56 Å². The maximum atomic E-state index is 12.3. The summed E-state index contributed by atoms with van der Waals surface area (Å²) in [4.78, 5) is 25.8. The Balaban J connectivity index is 2.31. The summed E-state index contributed by atoms with van der Waals surface area (Å²) < 4.78 is 0. The average Bonchev–Trinajstić information content (AvgIpc) is 2.69. The Bertz CT molecular complexity index is 629. The summed E-state index contributed by atoms with van der Waals surface area (Å²) >= 11 is 5.77. The number of ketones is 1. The zero-order valence-electron chi connectivity index (χ0n) is 10.2. The van der Waals surface area contributed by atoms with Gasteiger partial charge in [-0.1, -0.05) is 11.6 Å². The van der Waals surface area contributed by atoms with E-state index in [9.17, 15) is 9.59 Å². The molecule has 0 aliphatic rings. The van der Waals surface area contributed by atoms with Gasteiger partial charge in [-0.05, 0) is 42.8 Å². The third-order valence-electron chi connectivity index (χ3n) is 2.75. The van der Waals surface area contributed by atoms with Gasteiger partial charge in [0.1, 0.15) is 0 Å². The van der Waals surface area contributed by atoms with Gasteiger partial charge in [-0.2, -0.15) is 0 Å². The first kappa shape index (κ1) is 13.4. The van der Waals surface area contributed by atoms with Crippen LogP contribution in [0.15, 0.2) is 30.3 Å². The molecule has 0 bridgehead atoms. The fourth-order valence-electron chi connectivity index (χ4n) is 1.87. The van der Waals surface area contributed by atoms with E-state index in [1.54, 1.807) is 37.3 Å². The number of aliphatic carboxylic acids is 1. The van der Waals surface area contributed by atoms with Gasteiger partial charge < -0.3 is 10.1 Å². The minimum absolute atomic E-state index is 0.130. The largest absolute Gasteiger partial charge is 0.481 e. The number of rotatable bonds is 4. The molecule has 0 atom stereocenters. The smallest absolute Gasteiger partial charge is 0.309 e. The topological polar surface area (TPSA) is 70.2 Å². The van der Waals surface area contributed by atoms with Crippen LogP contribution >= 0.6 is 11.6 Å². The summed E-state index contributed by atoms with van der Waals surface area (Å²) in [6.07, 6.45) is -0.130. The van der Waals surface area contributed by atoms with Crippen molar-refractivity contribution in [3.63, 3.8) is 0 Å². The molecule has 1 aromatic heterocycles. The highest BCUT2D eigenvalue weighted by Crippen LogP contribution is 2.17. The van der Waals surface area contributed by atoms with E-state index in [0.29, 0.717) is 22.0 Å². The van der Waals surface area contributed by atoms with Crippen molar-refractivity contribution in [2.24, 2.45) is 0 Å². The van der Waals surface area contributed by atoms with Gasteiger partial charge in [0.05, 0.1) is 12.1 Å². The molecule has 0 radical (unpaired) electrons. The summed E-state index contributed by atoms with van der Waals surface area (Å²) in [5.74, 6) is -1.11. The number of carbonyl (C=O) groups is 2. The van der Waals surface area contributed by atoms with Crippen molar-refractivity contribution in [1.82, 2.24) is 4.98 Å². The molecular formula is C14H12ClNO3. The molecular weight excluding hydrogens is 266 g/mol. The van der Waals surface area contributed by atoms with Gasteiger partial charge in [0.25, 0.3) is 0 Å². The standard InChI is InChI=1S/C14H12ClNO3/c1-8-6-11(7-12(17)18)16-13(8)14(19)9-2-4-10(15)5-3-9/h2-6,16H,7H2,1H3,(H,17,18). The second-order valence-electron chi connectivity index (χ2n) is 4.26. The lowest BCUT2D eigenvalue weighted by molar-refractivity contribution is -0.136. The van der Waals surface area contributed by atoms with E-state index in [2.05, 4.69) is 4.98 Å². The molecule has 0 aliphatic heterocycles. The van der Waals surface area contributed by atoms with Crippen molar-refractivity contribution < 1.29 is 14.7 Å². The second-order valence-corrected chi connectivity index (χ2v) is 4.70. The molecule has 2 N–H and O–H groups in total. The number of hydrogen-bond donors (Lipinski definition) is 2. The van der Waals surface area contributed by atoms with Gasteiger partial charge in [-0.25, -0.2) is 0 Å². The highest BCUT2D eigenvalue weighted by molar-refractivity contribution is 6.30. The molecule has 0 saturated carbocycles. The molecule has 0 aliphatic carbocycles. The van der Waals surface area contributed by atoms with Crippen LogP contribution in [-0.4, -0.2) is 21.8 Å². The van der Waals surface area contributed by atoms with Crippen molar-refractivity contribution in [3.8, 4) is 0 Å². The van der Waals surface area contributed by atoms with Crippen molar-refractivity contribution in [2.45, 2.75) is 13.3 Å². The summed E-state index contributed by atoms with van der Waals surface area (Å²) in [6, 6.07) is 8.25. The molecule has 0 fully saturated rings. The summed E-state index contributed by atoms with van der Waals surface area (Å²) in [6.45, 7) is 1.77. The number of halogens is 1. The number of benzene rings is 1. The molecule has 5 heteroatoms. The molecule has 2 rings (SSSR count). The summed E-state index contributed by atoms with van der Waals surface area (Å²) in [7, 11) is 0. The van der Waals surface area contributed by atoms with Crippen molar-refractivity contribution in [2.75, 3.05) is 0 Å². The van der Waals surface area contributed by atoms with Crippen LogP contribution in [0.2, 0.25) is 5.02 Å². The molecule has 0 unspecified atom stereocenters. The Kier molecular flexibility index (Phi) is 3.71. The number of carboxylic acid groups (broad SMARTS) is 1. The quantitative estimate of drug-likeness (QED) is 0.844. The van der Waals surface area contributed by atoms with Gasteiger partial charge in [-0.3, -0.25) is 9.59 Å². The first-order chi connectivity index (χ1) is 8.97. The Morgan fingerprint density at radius 1 is 1.26 bits per heavy atom. The van der Waals surface area contributed by atoms with Crippen LogP contribution in [0.25, 0.3) is 0 Å². The monoisotopic (exact) mass is 277 g/mol. The van der Waals surface area contributed by atoms with E-state index in [1.807, 2.05) is 0 Å². The number of aromatic nitrogens is 1. The van der Waals surface area contributed by atoms with E-state index in [4.69, 9.17) is 16.7 Å². The van der Waals surface area contributed by atoms with Crippen LogP contribution in [0.5, 0.6) is 0 Å². The van der Waals surface area contributed by atoms with Crippen LogP contribution in [-0.2, 0) is 11.2 Å². The van der Waals surface area contributed by atoms with Gasteiger partial charge in [0, 0.05) is 16.3 Å². The van der Waals surface area contributed by atoms with E-state index < -0.39 is 5.97 Å². The number of aromatic amines is 1. The second kappa shape index (κ2) is 5.28. The number of aryl methyl sites for hydroxylation is 1. The van der Waals surface area contributed by atoms with Gasteiger partial charge in [0.2, 0.25) is 5.78 Å². The molecule has 2 aromatic rings. The number of H-pyrrole nitrogens is 1. The zero-order valence-corrected chi connectivity index (χ0v) is 11.0. The van der Waals surface area contributed by atoms with Crippen LogP contribution in [0.4, 0.5) is 0 Å². The Hall–Kier alpha value is -2.07. The normalized spacial score (nSPS) is 10.4. The third-order valence-corrected chi connectivity index (χ3v) is 3.00. The summed E-state index contributed by atoms with van der Waals surface area (Å²) in [5, 5.41) is 9.30. The number of carboxylic acids is 1. The molecule has 0 saturated heterocycles. The van der Waals surface area contributed by atoms with Crippen LogP contribution < -0.4 is 0 Å². The molecule has 4 nitrogen and oxygen atoms in total. The maximum Gasteiger partial charge on any atom is 0.309 e. The minimum atomic E-state index is -0.938. The van der Waals surface area contributed by atoms with E-state index in [-0.39, 0.29) is 12.2 Å². The lowest BCUT2D eigenvalue weighted by Gasteiger charge is -2.00. The van der Waals surface area contributed by atoms with Crippen molar-refractivity contribution in [1.29, 1.82) is 0 Å². The molecule has 0 amide bonds. The van der Waals surface area contributed by atoms with Crippen molar-refractivity contribution >= 4 is 23.4 Å². The first-order valence-corrected chi connectivity index (χ1v) is 6.05. The number of hydrogen-bond acceptors (Lipinski definition) is 2. The third kappa shape index (κ3) is 3.03. The predicted molar refractivity (Wildman–Crippen MR) is 71.8 cm³/mol. The highest BCUT2D eigenvalue weighted by atomic mass is 35.5. The zero-order chi connectivity index (χ0) is 14.0. The Morgan fingerprint density at radius 3 is 2.47 bits per heavy atom. The Morgan fingerprint density at radius 2 is 1.89 bits per heavy atom. The lowest BCUT2D eigenvalue weighted by Crippen LogP contribution is -2.05. The Labute approximate surface area is 115 Å². The maximum absolute atomic E-state index is 12.3. The van der Waals surface area contributed by atoms with Crippen LogP contribution in [0.3, 0.4) is 0 Å². The molecule has 1 heterocycles. The molecule has 1 aromatic carbocycles. The molecule has 19 heavy (non-hydrogen) atoms. The fourth-order valence-corrected chi connectivity index (χ4v) is 1.99. The fraction of sp³-hybridized carbons (Fsp3) is 0.143. The van der Waals surface area contributed by atoms with Crippen LogP contribution in [0, 0.1) is 6.92 Å². The van der Waals surface area contributed by atoms with E-state index in [1.165, 1.54) is 0 Å². The lowest BCUT2D eigenvalue weighted by atomic mass is 10.1. The number of carbonyl (C=O) groups excluding carboxylic acids is 1. The minimum Gasteiger partial charge on any atom is -0.481 e. The first-order valence-electron chi connectivity index (χ1n) is 5.68. The van der Waals surface area contributed by atoms with Gasteiger partial charge >= 0.3 is 5.97 Å². The SMILES string of the molecule is Cc1cc(CC(=O)O)[nH]c1C(=O)c1ccc(Cl)cc1. The highest BCUT2D eigenvalue weighted by Gasteiger charge is 2.15. The van der Waals surface area contributed by atoms with E-state index >= 15 is 0 Å². The predicted octanol–water partition coefficient (Wildman–Crippen LogP) is 2.83. The van der Waals surface area contributed by atoms with Gasteiger partial charge in [0.15, 0.2) is 0 Å². The number of nitrogens with one attached hydrogen (secondary N) is 1. The average molecular weight is 278 g/mol. The van der Waals surface area contributed by atoms with Crippen molar-refractivity contribution in [3.05, 3.63) is 57.9 Å².